The molecule has 0 bridgehead atoms. The summed E-state index contributed by atoms with van der Waals surface area (Å²) in [5, 5.41) is 24.9. The zero-order valence-corrected chi connectivity index (χ0v) is 29.3. The number of rotatable bonds is 4. The summed E-state index contributed by atoms with van der Waals surface area (Å²) in [4.78, 5) is 24.5. The van der Waals surface area contributed by atoms with Crippen LogP contribution in [0.4, 0.5) is 0 Å². The molecule has 8 aliphatic carbocycles. The lowest BCUT2D eigenvalue weighted by Crippen LogP contribution is -2.56. The zero-order chi connectivity index (χ0) is 31.6. The first kappa shape index (κ1) is 31.4. The third-order valence-corrected chi connectivity index (χ3v) is 18.6. The van der Waals surface area contributed by atoms with Crippen LogP contribution in [0.5, 0.6) is 0 Å². The van der Waals surface area contributed by atoms with E-state index < -0.39 is 11.2 Å². The molecule has 0 aromatic heterocycles. The fraction of sp³-hybridized carbons (Fsp3) is 0.850. The second kappa shape index (κ2) is 10.3. The van der Waals surface area contributed by atoms with Gasteiger partial charge in [0, 0.05) is 35.2 Å². The number of fused-ring (bicyclic) bond motifs is 10. The Morgan fingerprint density at radius 1 is 0.578 bits per heavy atom. The highest BCUT2D eigenvalue weighted by molar-refractivity contribution is 7.99. The summed E-state index contributed by atoms with van der Waals surface area (Å²) >= 11 is 1.85. The van der Waals surface area contributed by atoms with Crippen LogP contribution < -0.4 is 0 Å². The van der Waals surface area contributed by atoms with Crippen LogP contribution >= 0.6 is 11.8 Å². The highest BCUT2D eigenvalue weighted by atomic mass is 32.2. The number of aliphatic hydroxyl groups is 2. The van der Waals surface area contributed by atoms with E-state index in [9.17, 15) is 19.8 Å². The number of carbonyl (C=O) groups is 2. The van der Waals surface area contributed by atoms with Crippen molar-refractivity contribution in [2.24, 2.45) is 57.2 Å². The number of hydrogen-bond donors (Lipinski definition) is 2. The van der Waals surface area contributed by atoms with Crippen molar-refractivity contribution in [2.75, 3.05) is 11.5 Å². The third kappa shape index (κ3) is 4.23. The van der Waals surface area contributed by atoms with E-state index in [1.165, 1.54) is 36.8 Å². The van der Waals surface area contributed by atoms with Crippen molar-refractivity contribution < 1.29 is 19.8 Å². The molecule has 0 amide bonds. The molecule has 8 aliphatic rings. The maximum atomic E-state index is 12.4. The summed E-state index contributed by atoms with van der Waals surface area (Å²) in [5.74, 6) is 5.86. The number of thioether (sulfide) groups is 1. The van der Waals surface area contributed by atoms with Gasteiger partial charge in [0.25, 0.3) is 0 Å². The van der Waals surface area contributed by atoms with Crippen LogP contribution in [0.15, 0.2) is 23.3 Å². The maximum absolute atomic E-state index is 12.4. The summed E-state index contributed by atoms with van der Waals surface area (Å²) in [6, 6.07) is 0. The lowest BCUT2D eigenvalue weighted by molar-refractivity contribution is -0.123. The van der Waals surface area contributed by atoms with E-state index in [-0.39, 0.29) is 21.7 Å². The topological polar surface area (TPSA) is 74.6 Å². The molecule has 6 fully saturated rings. The van der Waals surface area contributed by atoms with Gasteiger partial charge in [0.2, 0.25) is 0 Å². The van der Waals surface area contributed by atoms with Crippen LogP contribution in [0.2, 0.25) is 0 Å². The first-order chi connectivity index (χ1) is 21.3. The van der Waals surface area contributed by atoms with Gasteiger partial charge in [-0.05, 0) is 148 Å². The number of hydrogen-bond acceptors (Lipinski definition) is 5. The van der Waals surface area contributed by atoms with E-state index in [1.54, 1.807) is 0 Å². The van der Waals surface area contributed by atoms with Crippen LogP contribution in [-0.4, -0.2) is 44.5 Å². The number of allylic oxidation sites excluding steroid dienone is 2. The average Bonchev–Trinajstić information content (AvgIpc) is 3.43. The Labute approximate surface area is 276 Å². The highest BCUT2D eigenvalue weighted by Gasteiger charge is 2.66. The van der Waals surface area contributed by atoms with E-state index in [1.807, 2.05) is 23.9 Å². The molecule has 0 aliphatic heterocycles. The van der Waals surface area contributed by atoms with Gasteiger partial charge in [-0.3, -0.25) is 9.59 Å². The lowest BCUT2D eigenvalue weighted by Gasteiger charge is -2.59. The molecule has 0 saturated heterocycles. The second-order valence-electron chi connectivity index (χ2n) is 18.5. The van der Waals surface area contributed by atoms with E-state index in [4.69, 9.17) is 0 Å². The van der Waals surface area contributed by atoms with Crippen molar-refractivity contribution in [3.05, 3.63) is 23.3 Å². The number of carbonyl (C=O) groups excluding carboxylic acids is 2. The largest absolute Gasteiger partial charge is 0.388 e. The Bertz CT molecular complexity index is 1250. The van der Waals surface area contributed by atoms with E-state index in [0.717, 1.165) is 75.7 Å². The third-order valence-electron chi connectivity index (χ3n) is 17.2. The molecule has 0 aromatic rings. The maximum Gasteiger partial charge on any atom is 0.155 e. The zero-order valence-electron chi connectivity index (χ0n) is 28.5. The van der Waals surface area contributed by atoms with Gasteiger partial charge in [-0.2, -0.15) is 11.8 Å². The van der Waals surface area contributed by atoms with Gasteiger partial charge in [0.1, 0.15) is 0 Å². The summed E-state index contributed by atoms with van der Waals surface area (Å²) in [6.45, 7) is 9.72. The SMILES string of the molecule is C[C@]12CCC(=O)C=C1CCC1C2CC[C@@]2(C)C1CC[C@@]2(O)CSC[C@@]1(O)CCC2C3CCC4=CC(=O)CC[C@@]4(C)C3CC[C@]21C. The van der Waals surface area contributed by atoms with Crippen LogP contribution in [0, 0.1) is 57.2 Å². The summed E-state index contributed by atoms with van der Waals surface area (Å²) in [6.07, 6.45) is 20.4. The van der Waals surface area contributed by atoms with Gasteiger partial charge in [-0.25, -0.2) is 0 Å². The van der Waals surface area contributed by atoms with Gasteiger partial charge in [-0.15, -0.1) is 0 Å². The Morgan fingerprint density at radius 3 is 1.40 bits per heavy atom. The molecular weight excluding hydrogens is 577 g/mol. The van der Waals surface area contributed by atoms with Gasteiger partial charge in [0.05, 0.1) is 11.2 Å². The van der Waals surface area contributed by atoms with Crippen LogP contribution in [0.1, 0.15) is 130 Å². The van der Waals surface area contributed by atoms with Crippen LogP contribution in [-0.2, 0) is 9.59 Å². The van der Waals surface area contributed by atoms with Crippen molar-refractivity contribution in [3.63, 3.8) is 0 Å². The first-order valence-electron chi connectivity index (χ1n) is 18.8. The molecule has 0 spiro atoms. The van der Waals surface area contributed by atoms with E-state index in [0.29, 0.717) is 59.9 Å². The molecule has 4 nitrogen and oxygen atoms in total. The minimum atomic E-state index is -0.668. The standard InChI is InChI=1S/C40H58O4S/c1-35-15-9-27(41)21-25(35)5-7-29-31(35)11-17-37(3)33(29)13-19-39(37,43)23-45-24-40(44)20-14-34-30-8-6-26-22-28(42)10-16-36(26,2)32(30)12-18-38(34,40)4/h21-22,29-34,43-44H,5-20,23-24H2,1-4H3/t29?,30?,31?,32?,33?,34?,35-,36+,37-,38+,39+,40-. The molecule has 0 radical (unpaired) electrons. The monoisotopic (exact) mass is 634 g/mol. The first-order valence-corrected chi connectivity index (χ1v) is 19.9. The molecule has 6 saturated carbocycles. The molecule has 0 aromatic carbocycles. The molecular formula is C40H58O4S. The molecule has 6 unspecified atom stereocenters. The normalized spacial score (nSPS) is 53.7. The highest BCUT2D eigenvalue weighted by Crippen LogP contribution is 2.70. The molecule has 12 atom stereocenters. The van der Waals surface area contributed by atoms with Gasteiger partial charge >= 0.3 is 0 Å². The van der Waals surface area contributed by atoms with Crippen molar-refractivity contribution in [3.8, 4) is 0 Å². The minimum absolute atomic E-state index is 0.0594. The Balaban J connectivity index is 0.949. The fourth-order valence-corrected chi connectivity index (χ4v) is 15.9. The predicted molar refractivity (Wildman–Crippen MR) is 181 cm³/mol. The summed E-state index contributed by atoms with van der Waals surface area (Å²) in [7, 11) is 0. The minimum Gasteiger partial charge on any atom is -0.388 e. The van der Waals surface area contributed by atoms with Crippen molar-refractivity contribution >= 4 is 23.3 Å². The fourth-order valence-electron chi connectivity index (χ4n) is 14.2. The van der Waals surface area contributed by atoms with Crippen molar-refractivity contribution in [2.45, 2.75) is 142 Å². The molecule has 0 heterocycles. The smallest absolute Gasteiger partial charge is 0.155 e. The molecule has 8 rings (SSSR count). The second-order valence-corrected chi connectivity index (χ2v) is 19.5. The molecule has 2 N–H and O–H groups in total. The molecule has 248 valence electrons. The Hall–Kier alpha value is -0.910. The average molecular weight is 635 g/mol. The van der Waals surface area contributed by atoms with Crippen LogP contribution in [0.25, 0.3) is 0 Å². The quantitative estimate of drug-likeness (QED) is 0.326. The van der Waals surface area contributed by atoms with E-state index >= 15 is 0 Å². The van der Waals surface area contributed by atoms with E-state index in [2.05, 4.69) is 27.7 Å². The van der Waals surface area contributed by atoms with Crippen LogP contribution in [0.3, 0.4) is 0 Å². The molecule has 45 heavy (non-hydrogen) atoms. The van der Waals surface area contributed by atoms with Gasteiger partial charge in [-0.1, -0.05) is 38.8 Å². The summed E-state index contributed by atoms with van der Waals surface area (Å²) < 4.78 is 0. The molecule has 5 heteroatoms. The number of ketones is 2. The summed E-state index contributed by atoms with van der Waals surface area (Å²) in [5.41, 5.74) is 1.74. The van der Waals surface area contributed by atoms with Gasteiger partial charge < -0.3 is 10.2 Å². The van der Waals surface area contributed by atoms with Gasteiger partial charge in [0.15, 0.2) is 11.6 Å². The lowest BCUT2D eigenvalue weighted by atomic mass is 9.46. The Kier molecular flexibility index (Phi) is 7.18. The van der Waals surface area contributed by atoms with Crippen molar-refractivity contribution in [1.82, 2.24) is 0 Å². The van der Waals surface area contributed by atoms with Crippen molar-refractivity contribution in [1.29, 1.82) is 0 Å². The predicted octanol–water partition coefficient (Wildman–Crippen LogP) is 8.25. The Morgan fingerprint density at radius 2 is 0.978 bits per heavy atom.